The van der Waals surface area contributed by atoms with Crippen molar-refractivity contribution in [1.29, 1.82) is 0 Å². The van der Waals surface area contributed by atoms with E-state index in [9.17, 15) is 28.8 Å². The summed E-state index contributed by atoms with van der Waals surface area (Å²) < 4.78 is 17.7. The highest BCUT2D eigenvalue weighted by Crippen LogP contribution is 2.24. The molecule has 2 aliphatic heterocycles. The number of amides is 5. The zero-order chi connectivity index (χ0) is 37.7. The molecule has 2 atom stereocenters. The number of nitrogens with one attached hydrogen (secondary N) is 2. The van der Waals surface area contributed by atoms with Crippen LogP contribution in [0.1, 0.15) is 82.1 Å². The van der Waals surface area contributed by atoms with Crippen LogP contribution in [0.4, 0.5) is 4.79 Å². The highest BCUT2D eigenvalue weighted by molar-refractivity contribution is 5.96. The number of unbranched alkanes of at least 4 members (excludes halogenated alkanes) is 1. The molecule has 2 N–H and O–H groups in total. The van der Waals surface area contributed by atoms with Crippen molar-refractivity contribution in [2.45, 2.75) is 89.8 Å². The number of para-hydroxylation sites is 1. The summed E-state index contributed by atoms with van der Waals surface area (Å²) in [6.07, 6.45) is 5.26. The van der Waals surface area contributed by atoms with Crippen LogP contribution in [0.5, 0.6) is 5.88 Å². The van der Waals surface area contributed by atoms with Crippen molar-refractivity contribution >= 4 is 35.7 Å². The van der Waals surface area contributed by atoms with Crippen LogP contribution in [0.3, 0.4) is 0 Å². The van der Waals surface area contributed by atoms with Crippen molar-refractivity contribution in [3.05, 3.63) is 42.1 Å². The smallest absolute Gasteiger partial charge is 0.409 e. The maximum absolute atomic E-state index is 13.8. The van der Waals surface area contributed by atoms with Crippen LogP contribution in [0.25, 0.3) is 5.69 Å². The minimum absolute atomic E-state index is 0.0177. The first kappa shape index (κ1) is 39.1. The van der Waals surface area contributed by atoms with Gasteiger partial charge in [-0.05, 0) is 64.0 Å². The number of aromatic nitrogens is 2. The van der Waals surface area contributed by atoms with Crippen LogP contribution in [0, 0.1) is 0 Å². The monoisotopic (exact) mass is 737 g/mol. The molecule has 1 aromatic carbocycles. The number of benzene rings is 1. The molecule has 5 rings (SSSR count). The second-order valence-electron chi connectivity index (χ2n) is 13.4. The molecule has 0 spiro atoms. The van der Waals surface area contributed by atoms with Crippen LogP contribution in [-0.4, -0.2) is 131 Å². The van der Waals surface area contributed by atoms with E-state index >= 15 is 0 Å². The molecule has 0 radical (unpaired) electrons. The Morgan fingerprint density at radius 2 is 1.64 bits per heavy atom. The molecule has 3 aliphatic rings. The summed E-state index contributed by atoms with van der Waals surface area (Å²) in [7, 11) is 0. The Kier molecular flexibility index (Phi) is 14.1. The van der Waals surface area contributed by atoms with Gasteiger partial charge < -0.3 is 39.5 Å². The Hall–Kier alpha value is -5.15. The predicted molar refractivity (Wildman–Crippen MR) is 191 cm³/mol. The zero-order valence-electron chi connectivity index (χ0n) is 30.6. The topological polar surface area (TPSA) is 182 Å². The van der Waals surface area contributed by atoms with Gasteiger partial charge in [0.15, 0.2) is 12.3 Å². The molecule has 5 amide bonds. The number of carbonyl (C=O) groups excluding carboxylic acids is 6. The summed E-state index contributed by atoms with van der Waals surface area (Å²) in [5.41, 5.74) is 0.487. The van der Waals surface area contributed by atoms with Gasteiger partial charge >= 0.3 is 12.1 Å². The normalized spacial score (nSPS) is 17.8. The van der Waals surface area contributed by atoms with Gasteiger partial charge in [-0.3, -0.25) is 24.0 Å². The average Bonchev–Trinajstić information content (AvgIpc) is 3.83. The first-order valence-electron chi connectivity index (χ1n) is 18.7. The number of piperazine rings is 1. The number of esters is 1. The molecule has 3 heterocycles. The molecule has 1 saturated carbocycles. The van der Waals surface area contributed by atoms with Gasteiger partial charge in [-0.1, -0.05) is 31.5 Å². The molecule has 0 bridgehead atoms. The van der Waals surface area contributed by atoms with E-state index in [4.69, 9.17) is 14.2 Å². The van der Waals surface area contributed by atoms with E-state index in [0.717, 1.165) is 25.7 Å². The van der Waals surface area contributed by atoms with E-state index in [-0.39, 0.29) is 88.3 Å². The van der Waals surface area contributed by atoms with Gasteiger partial charge in [-0.15, -0.1) is 0 Å². The van der Waals surface area contributed by atoms with Crippen molar-refractivity contribution in [1.82, 2.24) is 35.1 Å². The lowest BCUT2D eigenvalue weighted by Gasteiger charge is -2.35. The molecule has 2 saturated heterocycles. The van der Waals surface area contributed by atoms with Crippen molar-refractivity contribution in [3.8, 4) is 11.6 Å². The number of likely N-dealkylation sites (tertiary alicyclic amines) is 1. The predicted octanol–water partition coefficient (Wildman–Crippen LogP) is 2.43. The molecule has 16 nitrogen and oxygen atoms in total. The Balaban J connectivity index is 1.28. The van der Waals surface area contributed by atoms with Crippen LogP contribution in [0.15, 0.2) is 36.4 Å². The molecule has 1 aromatic heterocycles. The van der Waals surface area contributed by atoms with Gasteiger partial charge in [0.1, 0.15) is 12.1 Å². The molecule has 0 unspecified atom stereocenters. The third-order valence-electron chi connectivity index (χ3n) is 9.70. The van der Waals surface area contributed by atoms with Crippen LogP contribution >= 0.6 is 0 Å². The van der Waals surface area contributed by atoms with E-state index in [1.807, 2.05) is 13.0 Å². The van der Waals surface area contributed by atoms with Crippen LogP contribution in [-0.2, 0) is 28.7 Å². The third-order valence-corrected chi connectivity index (χ3v) is 9.70. The van der Waals surface area contributed by atoms with Gasteiger partial charge in [0.05, 0.1) is 18.9 Å². The number of carbonyl (C=O) groups is 6. The lowest BCUT2D eigenvalue weighted by atomic mass is 9.93. The van der Waals surface area contributed by atoms with Crippen molar-refractivity contribution < 1.29 is 43.0 Å². The summed E-state index contributed by atoms with van der Waals surface area (Å²) >= 11 is 0. The number of hydrogen-bond acceptors (Lipinski definition) is 10. The second kappa shape index (κ2) is 19.1. The van der Waals surface area contributed by atoms with Crippen LogP contribution in [0.2, 0.25) is 0 Å². The first-order chi connectivity index (χ1) is 25.7. The molecular weight excluding hydrogens is 686 g/mol. The first-order valence-corrected chi connectivity index (χ1v) is 18.7. The molecule has 3 fully saturated rings. The van der Waals surface area contributed by atoms with Gasteiger partial charge in [-0.2, -0.15) is 5.10 Å². The molecule has 1 aliphatic carbocycles. The zero-order valence-corrected chi connectivity index (χ0v) is 30.6. The van der Waals surface area contributed by atoms with Crippen molar-refractivity contribution in [2.24, 2.45) is 0 Å². The van der Waals surface area contributed by atoms with Crippen molar-refractivity contribution in [2.75, 3.05) is 52.5 Å². The Morgan fingerprint density at radius 1 is 0.906 bits per heavy atom. The average molecular weight is 738 g/mol. The number of ether oxygens (including phenoxy) is 3. The van der Waals surface area contributed by atoms with E-state index in [0.29, 0.717) is 31.5 Å². The third kappa shape index (κ3) is 10.5. The van der Waals surface area contributed by atoms with Gasteiger partial charge in [-0.25, -0.2) is 9.48 Å². The molecule has 288 valence electrons. The Bertz CT molecular complexity index is 1590. The molecular formula is C37H51N7O9. The summed E-state index contributed by atoms with van der Waals surface area (Å²) in [6, 6.07) is 8.82. The number of rotatable bonds is 16. The highest BCUT2D eigenvalue weighted by atomic mass is 16.6. The summed E-state index contributed by atoms with van der Waals surface area (Å²) in [5, 5.41) is 10.3. The Morgan fingerprint density at radius 3 is 2.32 bits per heavy atom. The maximum Gasteiger partial charge on any atom is 0.409 e. The van der Waals surface area contributed by atoms with Gasteiger partial charge in [0, 0.05) is 51.3 Å². The van der Waals surface area contributed by atoms with Gasteiger partial charge in [0.2, 0.25) is 17.7 Å². The SMILES string of the molecule is CCCCOC(=O)CC[C@H](NC(=O)c1cc(OCC(=O)N2CCC[C@H]2C(=O)NC2CCC2)n(-c2ccccc2)n1)C(=O)N1CCN(C(=O)OCC)CC1. The lowest BCUT2D eigenvalue weighted by molar-refractivity contribution is -0.144. The minimum atomic E-state index is -1.10. The molecule has 16 heteroatoms. The fourth-order valence-corrected chi connectivity index (χ4v) is 6.44. The van der Waals surface area contributed by atoms with E-state index in [1.165, 1.54) is 15.6 Å². The fraction of sp³-hybridized carbons (Fsp3) is 0.595. The summed E-state index contributed by atoms with van der Waals surface area (Å²) in [5.74, 6) is -1.97. The highest BCUT2D eigenvalue weighted by Gasteiger charge is 2.36. The fourth-order valence-electron chi connectivity index (χ4n) is 6.44. The molecule has 2 aromatic rings. The summed E-state index contributed by atoms with van der Waals surface area (Å²) in [4.78, 5) is 83.2. The minimum Gasteiger partial charge on any atom is -0.467 e. The summed E-state index contributed by atoms with van der Waals surface area (Å²) in [6.45, 7) is 5.22. The van der Waals surface area contributed by atoms with Crippen LogP contribution < -0.4 is 15.4 Å². The quantitative estimate of drug-likeness (QED) is 0.192. The lowest BCUT2D eigenvalue weighted by Crippen LogP contribution is -2.56. The largest absolute Gasteiger partial charge is 0.467 e. The number of hydrogen-bond donors (Lipinski definition) is 2. The van der Waals surface area contributed by atoms with E-state index in [1.54, 1.807) is 41.0 Å². The molecule has 53 heavy (non-hydrogen) atoms. The second-order valence-corrected chi connectivity index (χ2v) is 13.4. The van der Waals surface area contributed by atoms with E-state index < -0.39 is 36.0 Å². The maximum atomic E-state index is 13.8. The van der Waals surface area contributed by atoms with Crippen molar-refractivity contribution in [3.63, 3.8) is 0 Å². The van der Waals surface area contributed by atoms with Gasteiger partial charge in [0.25, 0.3) is 11.8 Å². The Labute approximate surface area is 309 Å². The van der Waals surface area contributed by atoms with E-state index in [2.05, 4.69) is 15.7 Å². The standard InChI is InChI=1S/C37H51N7O9/c1-3-5-23-52-33(46)17-16-28(36(49)41-19-21-42(22-20-41)37(50)51-4-2)39-34(47)29-24-32(44(40-29)27-13-7-6-8-14-27)53-25-31(45)43-18-10-15-30(43)35(48)38-26-11-9-12-26/h6-8,13-14,24,26,28,30H,3-5,9-12,15-23,25H2,1-2H3,(H,38,48)(H,39,47)/t28-,30-/m0/s1. The number of nitrogens with zero attached hydrogens (tertiary/aromatic N) is 5.